The second kappa shape index (κ2) is 17.9. The van der Waals surface area contributed by atoms with E-state index in [1.807, 2.05) is 43.3 Å². The number of carbonyl (C=O) groups excluding carboxylic acids is 1. The standard InChI is InChI=1S/C47H52N4O7/c1-8-32-27(2)37-25-41-33(14-13-31-11-9-10-12-43(31)58-22-21-57-20-19-56-18-17-54-6)28(3)36(49-41)24-38-29(4)34(15-16-44(53)55-7)46(50-38)35-23-42(52)45-30(5)39(51-47(35)45)26-40(32)48-37/h9-12,24-26,29,34,50,52H,8,15-23H2,1-7H3/t29-,34-/m0/s1. The minimum Gasteiger partial charge on any atom is -0.511 e. The van der Waals surface area contributed by atoms with E-state index in [1.54, 1.807) is 7.11 Å². The maximum absolute atomic E-state index is 12.4. The lowest BCUT2D eigenvalue weighted by Gasteiger charge is -2.17. The molecule has 0 radical (unpaired) electrons. The van der Waals surface area contributed by atoms with E-state index in [1.165, 1.54) is 7.11 Å². The lowest BCUT2D eigenvalue weighted by atomic mass is 9.86. The number of hydrogen-bond donors (Lipinski definition) is 2. The van der Waals surface area contributed by atoms with Gasteiger partial charge in [-0.25, -0.2) is 15.0 Å². The molecule has 58 heavy (non-hydrogen) atoms. The van der Waals surface area contributed by atoms with Crippen LogP contribution in [-0.2, 0) is 23.7 Å². The molecule has 0 saturated carbocycles. The summed E-state index contributed by atoms with van der Waals surface area (Å²) in [6, 6.07) is 7.75. The van der Waals surface area contributed by atoms with Crippen molar-refractivity contribution in [2.45, 2.75) is 60.3 Å². The van der Waals surface area contributed by atoms with Gasteiger partial charge >= 0.3 is 5.97 Å². The molecule has 0 spiro atoms. The van der Waals surface area contributed by atoms with E-state index in [-0.39, 0.29) is 24.2 Å². The summed E-state index contributed by atoms with van der Waals surface area (Å²) in [6.45, 7) is 13.3. The van der Waals surface area contributed by atoms with Crippen molar-refractivity contribution in [1.29, 1.82) is 0 Å². The Morgan fingerprint density at radius 2 is 1.60 bits per heavy atom. The summed E-state index contributed by atoms with van der Waals surface area (Å²) in [6.07, 6.45) is 8.17. The molecule has 1 aromatic carbocycles. The Morgan fingerprint density at radius 1 is 0.879 bits per heavy atom. The van der Waals surface area contributed by atoms with Crippen molar-refractivity contribution in [2.24, 2.45) is 26.8 Å². The molecule has 6 aliphatic rings. The minimum absolute atomic E-state index is 0.0126. The van der Waals surface area contributed by atoms with Gasteiger partial charge in [0, 0.05) is 54.3 Å². The number of aliphatic hydroxyl groups is 1. The molecule has 1 aliphatic carbocycles. The van der Waals surface area contributed by atoms with Crippen molar-refractivity contribution in [1.82, 2.24) is 5.32 Å². The van der Waals surface area contributed by atoms with Crippen LogP contribution in [0.2, 0.25) is 0 Å². The number of aliphatic imine (C=N–C) groups is 3. The summed E-state index contributed by atoms with van der Waals surface area (Å²) >= 11 is 0. The van der Waals surface area contributed by atoms with Gasteiger partial charge in [0.05, 0.1) is 85.5 Å². The number of carbonyl (C=O) groups is 1. The molecule has 2 atom stereocenters. The number of benzene rings is 1. The highest BCUT2D eigenvalue weighted by Gasteiger charge is 2.41. The molecule has 1 fully saturated rings. The van der Waals surface area contributed by atoms with Crippen LogP contribution in [0.1, 0.15) is 65.9 Å². The van der Waals surface area contributed by atoms with Crippen LogP contribution in [-0.4, -0.2) is 82.1 Å². The Kier molecular flexibility index (Phi) is 12.6. The Morgan fingerprint density at radius 3 is 2.36 bits per heavy atom. The molecular weight excluding hydrogens is 733 g/mol. The summed E-state index contributed by atoms with van der Waals surface area (Å²) < 4.78 is 27.3. The van der Waals surface area contributed by atoms with Gasteiger partial charge in [-0.15, -0.1) is 0 Å². The summed E-state index contributed by atoms with van der Waals surface area (Å²) in [4.78, 5) is 28.0. The molecule has 0 amide bonds. The van der Waals surface area contributed by atoms with Crippen LogP contribution in [0, 0.1) is 23.7 Å². The third kappa shape index (κ3) is 8.23. The largest absolute Gasteiger partial charge is 0.511 e. The van der Waals surface area contributed by atoms with Gasteiger partial charge in [-0.2, -0.15) is 0 Å². The normalized spacial score (nSPS) is 20.8. The van der Waals surface area contributed by atoms with Crippen molar-refractivity contribution < 1.29 is 33.6 Å². The topological polar surface area (TPSA) is 133 Å². The number of esters is 1. The van der Waals surface area contributed by atoms with Crippen LogP contribution in [0.25, 0.3) is 0 Å². The van der Waals surface area contributed by atoms with Gasteiger partial charge in [0.15, 0.2) is 0 Å². The highest BCUT2D eigenvalue weighted by Crippen LogP contribution is 2.46. The number of hydrogen-bond acceptors (Lipinski definition) is 11. The molecular formula is C47H52N4O7. The summed E-state index contributed by atoms with van der Waals surface area (Å²) in [5.74, 6) is 7.57. The number of allylic oxidation sites excluding steroid dienone is 12. The number of methoxy groups -OCH3 is 2. The van der Waals surface area contributed by atoms with E-state index < -0.39 is 0 Å². The Balaban J connectivity index is 1.27. The lowest BCUT2D eigenvalue weighted by Crippen LogP contribution is -2.16. The van der Waals surface area contributed by atoms with Gasteiger partial charge in [0.25, 0.3) is 0 Å². The molecule has 11 heteroatoms. The van der Waals surface area contributed by atoms with E-state index in [0.717, 1.165) is 96.6 Å². The van der Waals surface area contributed by atoms with Crippen LogP contribution in [0.15, 0.2) is 131 Å². The van der Waals surface area contributed by atoms with Crippen molar-refractivity contribution in [3.8, 4) is 17.6 Å². The second-order valence-electron chi connectivity index (χ2n) is 14.9. The van der Waals surface area contributed by atoms with E-state index in [4.69, 9.17) is 38.7 Å². The molecule has 5 heterocycles. The van der Waals surface area contributed by atoms with Crippen molar-refractivity contribution in [3.05, 3.63) is 121 Å². The molecule has 1 aromatic rings. The van der Waals surface area contributed by atoms with E-state index in [2.05, 4.69) is 50.9 Å². The highest BCUT2D eigenvalue weighted by molar-refractivity contribution is 6.21. The van der Waals surface area contributed by atoms with Crippen LogP contribution >= 0.6 is 0 Å². The maximum Gasteiger partial charge on any atom is 0.305 e. The molecule has 2 N–H and O–H groups in total. The van der Waals surface area contributed by atoms with Gasteiger partial charge in [-0.1, -0.05) is 37.8 Å². The minimum atomic E-state index is -0.256. The highest BCUT2D eigenvalue weighted by atomic mass is 16.6. The first-order valence-electron chi connectivity index (χ1n) is 20.1. The first-order valence-corrected chi connectivity index (χ1v) is 20.1. The molecule has 11 nitrogen and oxygen atoms in total. The van der Waals surface area contributed by atoms with E-state index in [9.17, 15) is 9.90 Å². The van der Waals surface area contributed by atoms with Crippen molar-refractivity contribution in [2.75, 3.05) is 53.9 Å². The quantitative estimate of drug-likeness (QED) is 0.111. The predicted molar refractivity (Wildman–Crippen MR) is 226 cm³/mol. The number of nitrogens with one attached hydrogen (secondary N) is 1. The van der Waals surface area contributed by atoms with E-state index >= 15 is 0 Å². The number of nitrogens with zero attached hydrogens (tertiary/aromatic N) is 3. The number of ether oxygens (including phenoxy) is 5. The molecule has 302 valence electrons. The average Bonchev–Trinajstić information content (AvgIpc) is 3.98. The molecule has 8 bridgehead atoms. The van der Waals surface area contributed by atoms with Gasteiger partial charge in [0.2, 0.25) is 0 Å². The summed E-state index contributed by atoms with van der Waals surface area (Å²) in [5.41, 5.74) is 14.1. The van der Waals surface area contributed by atoms with Crippen LogP contribution in [0.3, 0.4) is 0 Å². The zero-order valence-electron chi connectivity index (χ0n) is 34.5. The Bertz CT molecular complexity index is 2310. The molecule has 7 rings (SSSR count). The SMILES string of the molecule is CCC1=C(C)C2=NC1=CC1=C(C)C3=C(O)CC(=C4NC(=CC5=NC(=C2)C(C#Cc2ccccc2OCCOCCOCCOC)=C5C)[C@@H](C)[C@@H]4CCC(=O)OC)C3=N1. The van der Waals surface area contributed by atoms with Crippen LogP contribution < -0.4 is 10.1 Å². The fourth-order valence-electron chi connectivity index (χ4n) is 8.14. The first-order chi connectivity index (χ1) is 28.1. The molecule has 0 aromatic heterocycles. The molecule has 0 unspecified atom stereocenters. The summed E-state index contributed by atoms with van der Waals surface area (Å²) in [5, 5.41) is 15.1. The number of aliphatic hydroxyl groups excluding tert-OH is 1. The number of fused-ring (bicyclic) bond motifs is 5. The fourth-order valence-corrected chi connectivity index (χ4v) is 8.14. The Hall–Kier alpha value is -5.54. The zero-order chi connectivity index (χ0) is 40.9. The van der Waals surface area contributed by atoms with Gasteiger partial charge in [-0.05, 0) is 86.3 Å². The van der Waals surface area contributed by atoms with Crippen molar-refractivity contribution >= 4 is 23.1 Å². The molecule has 1 saturated heterocycles. The first kappa shape index (κ1) is 40.6. The van der Waals surface area contributed by atoms with Gasteiger partial charge < -0.3 is 34.1 Å². The average molecular weight is 785 g/mol. The van der Waals surface area contributed by atoms with Crippen molar-refractivity contribution in [3.63, 3.8) is 0 Å². The Labute approximate surface area is 341 Å². The summed E-state index contributed by atoms with van der Waals surface area (Å²) in [7, 11) is 3.07. The third-order valence-corrected chi connectivity index (χ3v) is 11.4. The monoisotopic (exact) mass is 784 g/mol. The van der Waals surface area contributed by atoms with E-state index in [0.29, 0.717) is 64.0 Å². The number of para-hydroxylation sites is 1. The van der Waals surface area contributed by atoms with Crippen LogP contribution in [0.4, 0.5) is 0 Å². The lowest BCUT2D eigenvalue weighted by molar-refractivity contribution is -0.140. The second-order valence-corrected chi connectivity index (χ2v) is 14.9. The fraction of sp³-hybridized carbons (Fsp3) is 0.404. The number of rotatable bonds is 14. The van der Waals surface area contributed by atoms with Crippen LogP contribution in [0.5, 0.6) is 5.75 Å². The molecule has 5 aliphatic heterocycles. The zero-order valence-corrected chi connectivity index (χ0v) is 34.5. The van der Waals surface area contributed by atoms with Gasteiger partial charge in [0.1, 0.15) is 18.1 Å². The predicted octanol–water partition coefficient (Wildman–Crippen LogP) is 7.72. The maximum atomic E-state index is 12.4. The third-order valence-electron chi connectivity index (χ3n) is 11.4. The van der Waals surface area contributed by atoms with Gasteiger partial charge in [-0.3, -0.25) is 4.79 Å². The smallest absolute Gasteiger partial charge is 0.305 e.